The van der Waals surface area contributed by atoms with Crippen LogP contribution in [0.15, 0.2) is 30.3 Å². The van der Waals surface area contributed by atoms with Crippen LogP contribution in [0.4, 0.5) is 4.79 Å². The van der Waals surface area contributed by atoms with Crippen LogP contribution in [-0.4, -0.2) is 15.8 Å². The highest BCUT2D eigenvalue weighted by molar-refractivity contribution is 5.90. The molecule has 1 aromatic carbocycles. The minimum atomic E-state index is -0.932. The van der Waals surface area contributed by atoms with Gasteiger partial charge < -0.3 is 5.11 Å². The fourth-order valence-corrected chi connectivity index (χ4v) is 1.55. The Hall–Kier alpha value is -1.77. The molecule has 2 rings (SSSR count). The summed E-state index contributed by atoms with van der Waals surface area (Å²) in [5, 5.41) is 9.88. The third-order valence-corrected chi connectivity index (χ3v) is 2.09. The molecule has 0 aliphatic rings. The Kier molecular flexibility index (Phi) is 1.59. The van der Waals surface area contributed by atoms with Crippen LogP contribution < -0.4 is 0 Å². The molecular formula is C10H9NO2. The lowest BCUT2D eigenvalue weighted by molar-refractivity contribution is 0.197. The van der Waals surface area contributed by atoms with Crippen molar-refractivity contribution >= 4 is 17.0 Å². The third-order valence-electron chi connectivity index (χ3n) is 2.09. The molecule has 0 saturated heterocycles. The average Bonchev–Trinajstić information content (AvgIpc) is 2.39. The van der Waals surface area contributed by atoms with E-state index in [0.29, 0.717) is 0 Å². The van der Waals surface area contributed by atoms with Gasteiger partial charge in [-0.05, 0) is 19.1 Å². The SMILES string of the molecule is Cc1cc2ccccc2n1C(=O)O. The summed E-state index contributed by atoms with van der Waals surface area (Å²) in [4.78, 5) is 10.9. The monoisotopic (exact) mass is 175 g/mol. The molecule has 3 nitrogen and oxygen atoms in total. The van der Waals surface area contributed by atoms with Crippen molar-refractivity contribution < 1.29 is 9.90 Å². The number of carbonyl (C=O) groups is 1. The van der Waals surface area contributed by atoms with Crippen LogP contribution in [0.2, 0.25) is 0 Å². The van der Waals surface area contributed by atoms with Gasteiger partial charge in [0.25, 0.3) is 0 Å². The summed E-state index contributed by atoms with van der Waals surface area (Å²) < 4.78 is 1.29. The molecule has 0 amide bonds. The predicted molar refractivity (Wildman–Crippen MR) is 50.1 cm³/mol. The summed E-state index contributed by atoms with van der Waals surface area (Å²) in [5.41, 5.74) is 1.49. The zero-order valence-corrected chi connectivity index (χ0v) is 7.19. The van der Waals surface area contributed by atoms with Crippen LogP contribution in [0, 0.1) is 6.92 Å². The van der Waals surface area contributed by atoms with E-state index in [0.717, 1.165) is 16.6 Å². The highest BCUT2D eigenvalue weighted by atomic mass is 16.4. The van der Waals surface area contributed by atoms with E-state index < -0.39 is 6.09 Å². The van der Waals surface area contributed by atoms with Gasteiger partial charge >= 0.3 is 6.09 Å². The number of benzene rings is 1. The van der Waals surface area contributed by atoms with Gasteiger partial charge in [-0.3, -0.25) is 4.57 Å². The lowest BCUT2D eigenvalue weighted by Crippen LogP contribution is -2.08. The van der Waals surface area contributed by atoms with Gasteiger partial charge in [0.2, 0.25) is 0 Å². The molecule has 66 valence electrons. The maximum atomic E-state index is 10.9. The smallest absolute Gasteiger partial charge is 0.416 e. The summed E-state index contributed by atoms with van der Waals surface area (Å²) in [5.74, 6) is 0. The van der Waals surface area contributed by atoms with E-state index in [2.05, 4.69) is 0 Å². The first-order valence-electron chi connectivity index (χ1n) is 4.00. The van der Waals surface area contributed by atoms with Gasteiger partial charge in [-0.1, -0.05) is 18.2 Å². The second-order valence-corrected chi connectivity index (χ2v) is 2.96. The molecule has 0 aliphatic carbocycles. The highest BCUT2D eigenvalue weighted by Gasteiger charge is 2.09. The van der Waals surface area contributed by atoms with Crippen LogP contribution in [0.25, 0.3) is 10.9 Å². The standard InChI is InChI=1S/C10H9NO2/c1-7-6-8-4-2-3-5-9(8)11(7)10(12)13/h2-6H,1H3,(H,12,13). The van der Waals surface area contributed by atoms with Crippen LogP contribution in [0.5, 0.6) is 0 Å². The number of fused-ring (bicyclic) bond motifs is 1. The van der Waals surface area contributed by atoms with Crippen molar-refractivity contribution in [3.05, 3.63) is 36.0 Å². The van der Waals surface area contributed by atoms with E-state index in [4.69, 9.17) is 5.11 Å². The lowest BCUT2D eigenvalue weighted by atomic mass is 10.2. The molecule has 3 heteroatoms. The number of para-hydroxylation sites is 1. The molecule has 1 N–H and O–H groups in total. The maximum absolute atomic E-state index is 10.9. The number of carboxylic acid groups (broad SMARTS) is 1. The Morgan fingerprint density at radius 1 is 1.38 bits per heavy atom. The molecule has 0 spiro atoms. The lowest BCUT2D eigenvalue weighted by Gasteiger charge is -1.99. The molecule has 2 aromatic rings. The Labute approximate surface area is 75.2 Å². The van der Waals surface area contributed by atoms with E-state index in [1.165, 1.54) is 4.57 Å². The van der Waals surface area contributed by atoms with Gasteiger partial charge in [-0.15, -0.1) is 0 Å². The zero-order chi connectivity index (χ0) is 9.42. The summed E-state index contributed by atoms with van der Waals surface area (Å²) in [6.45, 7) is 1.79. The second kappa shape index (κ2) is 2.62. The fraction of sp³-hybridized carbons (Fsp3) is 0.100. The van der Waals surface area contributed by atoms with Crippen molar-refractivity contribution in [2.75, 3.05) is 0 Å². The largest absolute Gasteiger partial charge is 0.464 e. The van der Waals surface area contributed by atoms with Gasteiger partial charge in [0.05, 0.1) is 5.52 Å². The molecular weight excluding hydrogens is 166 g/mol. The molecule has 0 unspecified atom stereocenters. The van der Waals surface area contributed by atoms with Crippen LogP contribution in [-0.2, 0) is 0 Å². The van der Waals surface area contributed by atoms with Gasteiger partial charge in [0.15, 0.2) is 0 Å². The Bertz CT molecular complexity index is 471. The Balaban J connectivity index is 2.86. The highest BCUT2D eigenvalue weighted by Crippen LogP contribution is 2.18. The van der Waals surface area contributed by atoms with Gasteiger partial charge in [0, 0.05) is 11.1 Å². The fourth-order valence-electron chi connectivity index (χ4n) is 1.55. The molecule has 0 bridgehead atoms. The van der Waals surface area contributed by atoms with Crippen molar-refractivity contribution in [1.29, 1.82) is 0 Å². The van der Waals surface area contributed by atoms with E-state index in [1.54, 1.807) is 13.0 Å². The quantitative estimate of drug-likeness (QED) is 0.668. The molecule has 13 heavy (non-hydrogen) atoms. The van der Waals surface area contributed by atoms with Crippen molar-refractivity contribution in [3.8, 4) is 0 Å². The summed E-state index contributed by atoms with van der Waals surface area (Å²) >= 11 is 0. The van der Waals surface area contributed by atoms with Crippen molar-refractivity contribution in [2.45, 2.75) is 6.92 Å². The second-order valence-electron chi connectivity index (χ2n) is 2.96. The average molecular weight is 175 g/mol. The first-order chi connectivity index (χ1) is 6.20. The molecule has 1 heterocycles. The molecule has 0 atom stereocenters. The summed E-state index contributed by atoms with van der Waals surface area (Å²) in [6, 6.07) is 9.30. The third kappa shape index (κ3) is 1.09. The maximum Gasteiger partial charge on any atom is 0.416 e. The van der Waals surface area contributed by atoms with Crippen LogP contribution >= 0.6 is 0 Å². The minimum absolute atomic E-state index is 0.743. The van der Waals surface area contributed by atoms with Crippen molar-refractivity contribution in [2.24, 2.45) is 0 Å². The predicted octanol–water partition coefficient (Wildman–Crippen LogP) is 2.48. The minimum Gasteiger partial charge on any atom is -0.464 e. The van der Waals surface area contributed by atoms with Crippen molar-refractivity contribution in [1.82, 2.24) is 4.57 Å². The van der Waals surface area contributed by atoms with Gasteiger partial charge in [0.1, 0.15) is 0 Å². The molecule has 0 saturated carbocycles. The molecule has 0 fully saturated rings. The Morgan fingerprint density at radius 2 is 2.08 bits per heavy atom. The summed E-state index contributed by atoms with van der Waals surface area (Å²) in [6.07, 6.45) is -0.932. The van der Waals surface area contributed by atoms with E-state index in [-0.39, 0.29) is 0 Å². The number of hydrogen-bond acceptors (Lipinski definition) is 1. The first-order valence-corrected chi connectivity index (χ1v) is 4.00. The molecule has 1 aromatic heterocycles. The van der Waals surface area contributed by atoms with Crippen LogP contribution in [0.3, 0.4) is 0 Å². The summed E-state index contributed by atoms with van der Waals surface area (Å²) in [7, 11) is 0. The zero-order valence-electron chi connectivity index (χ0n) is 7.19. The van der Waals surface area contributed by atoms with Gasteiger partial charge in [-0.25, -0.2) is 4.79 Å². The topological polar surface area (TPSA) is 42.2 Å². The van der Waals surface area contributed by atoms with E-state index >= 15 is 0 Å². The number of rotatable bonds is 0. The number of nitrogens with zero attached hydrogens (tertiary/aromatic N) is 1. The van der Waals surface area contributed by atoms with Crippen molar-refractivity contribution in [3.63, 3.8) is 0 Å². The first kappa shape index (κ1) is 7.86. The van der Waals surface area contributed by atoms with E-state index in [9.17, 15) is 4.79 Å². The molecule has 0 radical (unpaired) electrons. The Morgan fingerprint density at radius 3 is 2.77 bits per heavy atom. The number of hydrogen-bond donors (Lipinski definition) is 1. The van der Waals surface area contributed by atoms with E-state index in [1.807, 2.05) is 24.3 Å². The number of aromatic nitrogens is 1. The number of aryl methyl sites for hydroxylation is 1. The van der Waals surface area contributed by atoms with Crippen LogP contribution in [0.1, 0.15) is 5.69 Å². The molecule has 0 aliphatic heterocycles. The van der Waals surface area contributed by atoms with Gasteiger partial charge in [-0.2, -0.15) is 0 Å². The normalized spacial score (nSPS) is 10.5.